The topological polar surface area (TPSA) is 41.1 Å². The number of carbonyl (C=O) groups excluding carboxylic acids is 1. The second-order valence-corrected chi connectivity index (χ2v) is 7.23. The molecule has 2 fully saturated rings. The Bertz CT molecular complexity index is 510. The van der Waals surface area contributed by atoms with Crippen LogP contribution in [0.15, 0.2) is 22.7 Å². The van der Waals surface area contributed by atoms with Gasteiger partial charge in [0.25, 0.3) is 5.91 Å². The molecule has 108 valence electrons. The maximum Gasteiger partial charge on any atom is 0.251 e. The third-order valence-electron chi connectivity index (χ3n) is 4.40. The van der Waals surface area contributed by atoms with Crippen molar-refractivity contribution in [3.63, 3.8) is 0 Å². The van der Waals surface area contributed by atoms with E-state index in [0.29, 0.717) is 16.1 Å². The van der Waals surface area contributed by atoms with Crippen molar-refractivity contribution in [2.45, 2.75) is 43.7 Å². The SMILES string of the molecule is O=C(NC1CCNC2(CCC2)C1)c1cc(Cl)cc(Br)c1. The molecule has 0 radical (unpaired) electrons. The molecule has 3 rings (SSSR count). The van der Waals surface area contributed by atoms with Crippen molar-refractivity contribution >= 4 is 33.4 Å². The van der Waals surface area contributed by atoms with E-state index in [0.717, 1.165) is 23.9 Å². The molecule has 1 saturated heterocycles. The molecule has 1 aromatic carbocycles. The predicted molar refractivity (Wildman–Crippen MR) is 84.2 cm³/mol. The summed E-state index contributed by atoms with van der Waals surface area (Å²) in [7, 11) is 0. The molecule has 20 heavy (non-hydrogen) atoms. The number of nitrogens with one attached hydrogen (secondary N) is 2. The molecule has 1 heterocycles. The summed E-state index contributed by atoms with van der Waals surface area (Å²) in [5.41, 5.74) is 0.913. The summed E-state index contributed by atoms with van der Waals surface area (Å²) in [6.45, 7) is 0.990. The maximum absolute atomic E-state index is 12.3. The van der Waals surface area contributed by atoms with Crippen molar-refractivity contribution in [2.24, 2.45) is 0 Å². The van der Waals surface area contributed by atoms with E-state index in [4.69, 9.17) is 11.6 Å². The molecule has 2 aliphatic rings. The van der Waals surface area contributed by atoms with Gasteiger partial charge in [0.2, 0.25) is 0 Å². The van der Waals surface area contributed by atoms with Gasteiger partial charge in [-0.3, -0.25) is 4.79 Å². The van der Waals surface area contributed by atoms with Crippen molar-refractivity contribution in [3.05, 3.63) is 33.3 Å². The minimum Gasteiger partial charge on any atom is -0.349 e. The number of carbonyl (C=O) groups is 1. The van der Waals surface area contributed by atoms with E-state index in [1.54, 1.807) is 18.2 Å². The highest BCUT2D eigenvalue weighted by Crippen LogP contribution is 2.38. The van der Waals surface area contributed by atoms with Crippen LogP contribution in [0, 0.1) is 0 Å². The summed E-state index contributed by atoms with van der Waals surface area (Å²) in [5.74, 6) is -0.0328. The van der Waals surface area contributed by atoms with Gasteiger partial charge in [0.05, 0.1) is 0 Å². The summed E-state index contributed by atoms with van der Waals surface area (Å²) < 4.78 is 0.830. The molecule has 1 aromatic rings. The predicted octanol–water partition coefficient (Wildman–Crippen LogP) is 3.51. The zero-order valence-electron chi connectivity index (χ0n) is 11.2. The number of hydrogen-bond donors (Lipinski definition) is 2. The monoisotopic (exact) mass is 356 g/mol. The molecule has 3 nitrogen and oxygen atoms in total. The summed E-state index contributed by atoms with van der Waals surface area (Å²) in [6, 6.07) is 5.57. The molecule has 2 N–H and O–H groups in total. The highest BCUT2D eigenvalue weighted by Gasteiger charge is 2.41. The molecule has 1 aliphatic carbocycles. The lowest BCUT2D eigenvalue weighted by atomic mass is 9.70. The molecule has 1 aliphatic heterocycles. The molecular weight excluding hydrogens is 340 g/mol. The average Bonchev–Trinajstić information content (AvgIpc) is 2.36. The van der Waals surface area contributed by atoms with Gasteiger partial charge in [0.1, 0.15) is 0 Å². The van der Waals surface area contributed by atoms with Crippen LogP contribution in [0.4, 0.5) is 0 Å². The molecule has 1 unspecified atom stereocenters. The van der Waals surface area contributed by atoms with Crippen molar-refractivity contribution in [2.75, 3.05) is 6.54 Å². The molecule has 1 amide bonds. The van der Waals surface area contributed by atoms with Crippen LogP contribution >= 0.6 is 27.5 Å². The highest BCUT2D eigenvalue weighted by atomic mass is 79.9. The van der Waals surface area contributed by atoms with Crippen LogP contribution in [-0.4, -0.2) is 24.0 Å². The zero-order chi connectivity index (χ0) is 14.2. The lowest BCUT2D eigenvalue weighted by Gasteiger charge is -2.48. The molecule has 0 bridgehead atoms. The van der Waals surface area contributed by atoms with Crippen LogP contribution in [0.5, 0.6) is 0 Å². The standard InChI is InChI=1S/C15H18BrClN2O/c16-11-6-10(7-12(17)8-11)14(20)19-13-2-5-18-15(9-13)3-1-4-15/h6-8,13,18H,1-5,9H2,(H,19,20). The Morgan fingerprint density at radius 1 is 1.40 bits per heavy atom. The Morgan fingerprint density at radius 3 is 2.85 bits per heavy atom. The molecular formula is C15H18BrClN2O. The normalized spacial score (nSPS) is 24.2. The zero-order valence-corrected chi connectivity index (χ0v) is 13.6. The lowest BCUT2D eigenvalue weighted by Crippen LogP contribution is -2.59. The van der Waals surface area contributed by atoms with Crippen LogP contribution in [0.1, 0.15) is 42.5 Å². The first-order valence-corrected chi connectivity index (χ1v) is 8.25. The van der Waals surface area contributed by atoms with Gasteiger partial charge >= 0.3 is 0 Å². The van der Waals surface area contributed by atoms with Crippen LogP contribution in [0.25, 0.3) is 0 Å². The van der Waals surface area contributed by atoms with Crippen LogP contribution in [0.3, 0.4) is 0 Å². The quantitative estimate of drug-likeness (QED) is 0.850. The van der Waals surface area contributed by atoms with Gasteiger partial charge < -0.3 is 10.6 Å². The number of halogens is 2. The molecule has 1 saturated carbocycles. The minimum atomic E-state index is -0.0328. The van der Waals surface area contributed by atoms with Gasteiger partial charge in [-0.25, -0.2) is 0 Å². The first kappa shape index (κ1) is 14.4. The van der Waals surface area contributed by atoms with Gasteiger partial charge in [-0.2, -0.15) is 0 Å². The number of rotatable bonds is 2. The van der Waals surface area contributed by atoms with E-state index >= 15 is 0 Å². The smallest absolute Gasteiger partial charge is 0.251 e. The first-order valence-electron chi connectivity index (χ1n) is 7.08. The van der Waals surface area contributed by atoms with Crippen molar-refractivity contribution < 1.29 is 4.79 Å². The highest BCUT2D eigenvalue weighted by molar-refractivity contribution is 9.10. The molecule has 1 spiro atoms. The second-order valence-electron chi connectivity index (χ2n) is 5.88. The summed E-state index contributed by atoms with van der Waals surface area (Å²) >= 11 is 9.36. The fourth-order valence-corrected chi connectivity index (χ4v) is 4.08. The van der Waals surface area contributed by atoms with Crippen LogP contribution in [0.2, 0.25) is 5.02 Å². The fourth-order valence-electron chi connectivity index (χ4n) is 3.22. The van der Waals surface area contributed by atoms with E-state index in [2.05, 4.69) is 26.6 Å². The number of hydrogen-bond acceptors (Lipinski definition) is 2. The maximum atomic E-state index is 12.3. The third-order valence-corrected chi connectivity index (χ3v) is 5.08. The third kappa shape index (κ3) is 3.02. The van der Waals surface area contributed by atoms with Gasteiger partial charge in [0, 0.05) is 26.6 Å². The summed E-state index contributed by atoms with van der Waals surface area (Å²) in [4.78, 5) is 12.3. The van der Waals surface area contributed by atoms with E-state index in [-0.39, 0.29) is 11.9 Å². The molecule has 0 aromatic heterocycles. The summed E-state index contributed by atoms with van der Waals surface area (Å²) in [6.07, 6.45) is 5.81. The van der Waals surface area contributed by atoms with Crippen LogP contribution < -0.4 is 10.6 Å². The Kier molecular flexibility index (Phi) is 4.07. The summed E-state index contributed by atoms with van der Waals surface area (Å²) in [5, 5.41) is 7.34. The van der Waals surface area contributed by atoms with E-state index in [1.165, 1.54) is 19.3 Å². The van der Waals surface area contributed by atoms with Crippen LogP contribution in [-0.2, 0) is 0 Å². The van der Waals surface area contributed by atoms with Gasteiger partial charge in [0.15, 0.2) is 0 Å². The average molecular weight is 358 g/mol. The molecule has 5 heteroatoms. The number of piperidine rings is 1. The Labute approximate surface area is 132 Å². The Balaban J connectivity index is 1.66. The van der Waals surface area contributed by atoms with Gasteiger partial charge in [-0.15, -0.1) is 0 Å². The lowest BCUT2D eigenvalue weighted by molar-refractivity contribution is 0.0853. The second kappa shape index (κ2) is 5.66. The van der Waals surface area contributed by atoms with E-state index in [1.807, 2.05) is 0 Å². The largest absolute Gasteiger partial charge is 0.349 e. The fraction of sp³-hybridized carbons (Fsp3) is 0.533. The molecule has 1 atom stereocenters. The Hall–Kier alpha value is -0.580. The first-order chi connectivity index (χ1) is 9.56. The van der Waals surface area contributed by atoms with Gasteiger partial charge in [-0.05, 0) is 56.8 Å². The number of benzene rings is 1. The van der Waals surface area contributed by atoms with E-state index < -0.39 is 0 Å². The minimum absolute atomic E-state index is 0.0328. The van der Waals surface area contributed by atoms with Crippen molar-refractivity contribution in [3.8, 4) is 0 Å². The Morgan fingerprint density at radius 2 is 2.20 bits per heavy atom. The van der Waals surface area contributed by atoms with E-state index in [9.17, 15) is 4.79 Å². The van der Waals surface area contributed by atoms with Crippen molar-refractivity contribution in [1.82, 2.24) is 10.6 Å². The van der Waals surface area contributed by atoms with Gasteiger partial charge in [-0.1, -0.05) is 27.5 Å². The number of amides is 1. The van der Waals surface area contributed by atoms with Crippen molar-refractivity contribution in [1.29, 1.82) is 0 Å².